The molecule has 1 N–H and O–H groups in total. The molecule has 0 radical (unpaired) electrons. The Labute approximate surface area is 174 Å². The first-order chi connectivity index (χ1) is 14.2. The molecule has 3 aromatic rings. The van der Waals surface area contributed by atoms with Crippen LogP contribution in [0.5, 0.6) is 5.75 Å². The van der Waals surface area contributed by atoms with Crippen LogP contribution in [0.1, 0.15) is 16.1 Å². The molecule has 0 aliphatic carbocycles. The Morgan fingerprint density at radius 3 is 2.60 bits per heavy atom. The number of benzene rings is 2. The van der Waals surface area contributed by atoms with Gasteiger partial charge in [0.2, 0.25) is 0 Å². The molecule has 30 heavy (non-hydrogen) atoms. The number of rotatable bonds is 7. The van der Waals surface area contributed by atoms with Crippen molar-refractivity contribution in [3.8, 4) is 5.75 Å². The van der Waals surface area contributed by atoms with E-state index in [0.717, 1.165) is 6.07 Å². The zero-order valence-corrected chi connectivity index (χ0v) is 16.2. The first-order valence-electron chi connectivity index (χ1n) is 8.41. The smallest absolute Gasteiger partial charge is 0.293 e. The number of non-ortho nitro benzene ring substituents is 1. The molecule has 1 heterocycles. The number of nitro groups is 2. The van der Waals surface area contributed by atoms with Crippen molar-refractivity contribution < 1.29 is 19.4 Å². The summed E-state index contributed by atoms with van der Waals surface area (Å²) in [5.74, 6) is -0.423. The first-order valence-corrected chi connectivity index (χ1v) is 8.79. The van der Waals surface area contributed by atoms with Crippen LogP contribution in [0.2, 0.25) is 5.02 Å². The second-order valence-electron chi connectivity index (χ2n) is 6.12. The van der Waals surface area contributed by atoms with E-state index in [0.29, 0.717) is 5.56 Å². The number of aryl methyl sites for hydroxylation is 1. The molecule has 1 aromatic heterocycles. The molecule has 11 nitrogen and oxygen atoms in total. The molecule has 0 fully saturated rings. The summed E-state index contributed by atoms with van der Waals surface area (Å²) in [6, 6.07) is 9.62. The number of ether oxygens (including phenoxy) is 1. The third-order valence-electron chi connectivity index (χ3n) is 3.95. The Kier molecular flexibility index (Phi) is 5.93. The van der Waals surface area contributed by atoms with Crippen LogP contribution in [-0.4, -0.2) is 25.5 Å². The maximum absolute atomic E-state index is 12.4. The molecule has 0 aliphatic heterocycles. The molecule has 154 valence electrons. The van der Waals surface area contributed by atoms with Crippen molar-refractivity contribution in [1.29, 1.82) is 0 Å². The van der Waals surface area contributed by atoms with E-state index in [4.69, 9.17) is 16.3 Å². The number of amides is 1. The van der Waals surface area contributed by atoms with Gasteiger partial charge in [0.1, 0.15) is 11.4 Å². The van der Waals surface area contributed by atoms with Crippen LogP contribution < -0.4 is 10.1 Å². The molecule has 2 aromatic carbocycles. The van der Waals surface area contributed by atoms with Gasteiger partial charge in [0.25, 0.3) is 17.3 Å². The van der Waals surface area contributed by atoms with Gasteiger partial charge in [0.15, 0.2) is 12.4 Å². The van der Waals surface area contributed by atoms with Crippen LogP contribution >= 0.6 is 11.6 Å². The second-order valence-corrected chi connectivity index (χ2v) is 6.52. The fourth-order valence-electron chi connectivity index (χ4n) is 2.50. The lowest BCUT2D eigenvalue weighted by atomic mass is 10.2. The van der Waals surface area contributed by atoms with Gasteiger partial charge >= 0.3 is 0 Å². The molecule has 0 spiro atoms. The van der Waals surface area contributed by atoms with E-state index in [-0.39, 0.29) is 40.3 Å². The predicted octanol–water partition coefficient (Wildman–Crippen LogP) is 3.95. The van der Waals surface area contributed by atoms with Crippen LogP contribution in [0.3, 0.4) is 0 Å². The quantitative estimate of drug-likeness (QED) is 0.440. The molecular weight excluding hydrogens is 418 g/mol. The Balaban J connectivity index is 1.67. The van der Waals surface area contributed by atoms with E-state index in [1.807, 2.05) is 0 Å². The van der Waals surface area contributed by atoms with Crippen LogP contribution in [-0.2, 0) is 6.73 Å². The second kappa shape index (κ2) is 8.57. The molecule has 0 aliphatic rings. The van der Waals surface area contributed by atoms with Crippen molar-refractivity contribution in [2.24, 2.45) is 0 Å². The molecule has 0 saturated carbocycles. The largest absolute Gasteiger partial charge is 0.470 e. The summed E-state index contributed by atoms with van der Waals surface area (Å²) in [6.45, 7) is 1.59. The number of halogens is 1. The van der Waals surface area contributed by atoms with E-state index < -0.39 is 15.8 Å². The molecule has 3 rings (SSSR count). The standard InChI is InChI=1S/C18H14ClN5O6/c1-11-2-4-14(16(8-11)24(28)29)20-18(25)15-6-7-22(21-15)10-30-17-5-3-12(23(26)27)9-13(17)19/h2-9H,10H2,1H3,(H,20,25). The number of hydrogen-bond donors (Lipinski definition) is 1. The van der Waals surface area contributed by atoms with Gasteiger partial charge in [-0.25, -0.2) is 4.68 Å². The van der Waals surface area contributed by atoms with Crippen molar-refractivity contribution >= 4 is 34.6 Å². The molecular formula is C18H14ClN5O6. The molecule has 0 saturated heterocycles. The number of hydrogen-bond acceptors (Lipinski definition) is 7. The number of carbonyl (C=O) groups excluding carboxylic acids is 1. The first kappa shape index (κ1) is 20.7. The minimum atomic E-state index is -0.630. The van der Waals surface area contributed by atoms with Crippen molar-refractivity contribution in [3.05, 3.63) is 85.2 Å². The van der Waals surface area contributed by atoms with Gasteiger partial charge in [-0.05, 0) is 30.7 Å². The minimum absolute atomic E-state index is 0.0169. The normalized spacial score (nSPS) is 10.5. The van der Waals surface area contributed by atoms with E-state index in [2.05, 4.69) is 10.4 Å². The van der Waals surface area contributed by atoms with Crippen molar-refractivity contribution in [3.63, 3.8) is 0 Å². The Morgan fingerprint density at radius 2 is 1.93 bits per heavy atom. The lowest BCUT2D eigenvalue weighted by Gasteiger charge is -2.08. The molecule has 12 heteroatoms. The van der Waals surface area contributed by atoms with E-state index in [9.17, 15) is 25.0 Å². The lowest BCUT2D eigenvalue weighted by Crippen LogP contribution is -2.15. The summed E-state index contributed by atoms with van der Waals surface area (Å²) in [5.41, 5.74) is 0.364. The number of aromatic nitrogens is 2. The SMILES string of the molecule is Cc1ccc(NC(=O)c2ccn(COc3ccc([N+](=O)[O-])cc3Cl)n2)c([N+](=O)[O-])c1. The molecule has 0 bridgehead atoms. The number of anilines is 1. The maximum atomic E-state index is 12.4. The highest BCUT2D eigenvalue weighted by atomic mass is 35.5. The highest BCUT2D eigenvalue weighted by Gasteiger charge is 2.18. The minimum Gasteiger partial charge on any atom is -0.470 e. The average Bonchev–Trinajstić information content (AvgIpc) is 3.17. The summed E-state index contributed by atoms with van der Waals surface area (Å²) in [4.78, 5) is 33.1. The highest BCUT2D eigenvalue weighted by Crippen LogP contribution is 2.29. The van der Waals surface area contributed by atoms with Gasteiger partial charge in [-0.15, -0.1) is 0 Å². The van der Waals surface area contributed by atoms with Crippen LogP contribution in [0, 0.1) is 27.2 Å². The van der Waals surface area contributed by atoms with Crippen LogP contribution in [0.15, 0.2) is 48.7 Å². The third kappa shape index (κ3) is 4.70. The highest BCUT2D eigenvalue weighted by molar-refractivity contribution is 6.32. The average molecular weight is 432 g/mol. The summed E-state index contributed by atoms with van der Waals surface area (Å²) < 4.78 is 6.76. The Morgan fingerprint density at radius 1 is 1.17 bits per heavy atom. The summed E-state index contributed by atoms with van der Waals surface area (Å²) in [6.07, 6.45) is 1.47. The van der Waals surface area contributed by atoms with Crippen molar-refractivity contribution in [2.75, 3.05) is 5.32 Å². The molecule has 0 atom stereocenters. The van der Waals surface area contributed by atoms with Crippen molar-refractivity contribution in [1.82, 2.24) is 9.78 Å². The molecule has 0 unspecified atom stereocenters. The van der Waals surface area contributed by atoms with Crippen LogP contribution in [0.25, 0.3) is 0 Å². The number of nitrogens with one attached hydrogen (secondary N) is 1. The van der Waals surface area contributed by atoms with Crippen molar-refractivity contribution in [2.45, 2.75) is 13.7 Å². The molecule has 1 amide bonds. The summed E-state index contributed by atoms with van der Waals surface area (Å²) in [5, 5.41) is 28.5. The number of nitrogens with zero attached hydrogens (tertiary/aromatic N) is 4. The van der Waals surface area contributed by atoms with E-state index in [1.165, 1.54) is 41.2 Å². The zero-order chi connectivity index (χ0) is 21.8. The third-order valence-corrected chi connectivity index (χ3v) is 4.25. The predicted molar refractivity (Wildman–Crippen MR) is 107 cm³/mol. The van der Waals surface area contributed by atoms with Gasteiger partial charge in [0.05, 0.1) is 14.9 Å². The zero-order valence-electron chi connectivity index (χ0n) is 15.4. The monoisotopic (exact) mass is 431 g/mol. The Hall–Kier alpha value is -3.99. The van der Waals surface area contributed by atoms with Gasteiger partial charge in [-0.1, -0.05) is 17.7 Å². The summed E-state index contributed by atoms with van der Waals surface area (Å²) >= 11 is 5.96. The Bertz CT molecular complexity index is 1150. The maximum Gasteiger partial charge on any atom is 0.293 e. The van der Waals surface area contributed by atoms with E-state index >= 15 is 0 Å². The van der Waals surface area contributed by atoms with E-state index in [1.54, 1.807) is 13.0 Å². The van der Waals surface area contributed by atoms with Gasteiger partial charge in [-0.3, -0.25) is 25.0 Å². The van der Waals surface area contributed by atoms with Gasteiger partial charge in [-0.2, -0.15) is 5.10 Å². The lowest BCUT2D eigenvalue weighted by molar-refractivity contribution is -0.384. The fraction of sp³-hybridized carbons (Fsp3) is 0.111. The number of carbonyl (C=O) groups is 1. The van der Waals surface area contributed by atoms with Gasteiger partial charge in [0, 0.05) is 24.4 Å². The number of nitro benzene ring substituents is 2. The fourth-order valence-corrected chi connectivity index (χ4v) is 2.72. The van der Waals surface area contributed by atoms with Crippen LogP contribution in [0.4, 0.5) is 17.1 Å². The summed E-state index contributed by atoms with van der Waals surface area (Å²) in [7, 11) is 0. The van der Waals surface area contributed by atoms with Gasteiger partial charge < -0.3 is 10.1 Å². The topological polar surface area (TPSA) is 142 Å².